The lowest BCUT2D eigenvalue weighted by Gasteiger charge is -2.36. The zero-order valence-electron chi connectivity index (χ0n) is 11.4. The molecule has 3 heteroatoms. The second-order valence-electron chi connectivity index (χ2n) is 5.03. The van der Waals surface area contributed by atoms with E-state index < -0.39 is 0 Å². The minimum atomic E-state index is 0.463. The summed E-state index contributed by atoms with van der Waals surface area (Å²) < 4.78 is 5.69. The van der Waals surface area contributed by atoms with E-state index in [2.05, 4.69) is 30.9 Å². The van der Waals surface area contributed by atoms with Crippen molar-refractivity contribution in [1.82, 2.24) is 4.90 Å². The van der Waals surface area contributed by atoms with E-state index in [1.165, 1.54) is 5.56 Å². The number of likely N-dealkylation sites (tertiary alicyclic amines) is 1. The third-order valence-electron chi connectivity index (χ3n) is 3.85. The zero-order valence-corrected chi connectivity index (χ0v) is 11.4. The number of nitrogen functional groups attached to an aromatic ring is 1. The van der Waals surface area contributed by atoms with Crippen molar-refractivity contribution in [3.63, 3.8) is 0 Å². The second kappa shape index (κ2) is 6.21. The lowest BCUT2D eigenvalue weighted by molar-refractivity contribution is 0.00555. The lowest BCUT2D eigenvalue weighted by Crippen LogP contribution is -2.38. The number of ether oxygens (including phenoxy) is 1. The van der Waals surface area contributed by atoms with Crippen molar-refractivity contribution in [1.29, 1.82) is 0 Å². The molecule has 1 fully saturated rings. The third kappa shape index (κ3) is 3.24. The van der Waals surface area contributed by atoms with Gasteiger partial charge in [0.05, 0.1) is 6.10 Å². The number of nitrogens with two attached hydrogens (primary N) is 1. The molecule has 100 valence electrons. The number of hydrogen-bond acceptors (Lipinski definition) is 3. The Morgan fingerprint density at radius 1 is 1.28 bits per heavy atom. The van der Waals surface area contributed by atoms with Crippen molar-refractivity contribution >= 4 is 5.69 Å². The first-order valence-electron chi connectivity index (χ1n) is 6.91. The summed E-state index contributed by atoms with van der Waals surface area (Å²) in [4.78, 5) is 2.53. The van der Waals surface area contributed by atoms with Crippen LogP contribution in [0.3, 0.4) is 0 Å². The first-order valence-corrected chi connectivity index (χ1v) is 6.91. The van der Waals surface area contributed by atoms with Gasteiger partial charge in [0.15, 0.2) is 0 Å². The van der Waals surface area contributed by atoms with Gasteiger partial charge >= 0.3 is 0 Å². The van der Waals surface area contributed by atoms with E-state index in [0.717, 1.165) is 38.2 Å². The first-order chi connectivity index (χ1) is 8.70. The van der Waals surface area contributed by atoms with Gasteiger partial charge in [-0.25, -0.2) is 0 Å². The summed E-state index contributed by atoms with van der Waals surface area (Å²) in [5, 5.41) is 0. The van der Waals surface area contributed by atoms with Crippen LogP contribution in [-0.2, 0) is 4.74 Å². The molecule has 0 aromatic heterocycles. The molecule has 0 spiro atoms. The van der Waals surface area contributed by atoms with Crippen molar-refractivity contribution in [2.24, 2.45) is 0 Å². The Bertz CT molecular complexity index is 355. The van der Waals surface area contributed by atoms with Gasteiger partial charge in [-0.05, 0) is 44.4 Å². The summed E-state index contributed by atoms with van der Waals surface area (Å²) in [7, 11) is 0. The molecule has 1 heterocycles. The Hall–Kier alpha value is -1.06. The SMILES string of the molecule is CCOC1CCN(C(C)c2ccc(N)cc2)CC1. The molecular formula is C15H24N2O. The van der Waals surface area contributed by atoms with Crippen LogP contribution in [0, 0.1) is 0 Å². The molecular weight excluding hydrogens is 224 g/mol. The molecule has 1 aromatic carbocycles. The largest absolute Gasteiger partial charge is 0.399 e. The molecule has 18 heavy (non-hydrogen) atoms. The highest BCUT2D eigenvalue weighted by molar-refractivity contribution is 5.40. The van der Waals surface area contributed by atoms with Crippen LogP contribution >= 0.6 is 0 Å². The van der Waals surface area contributed by atoms with E-state index in [0.29, 0.717) is 12.1 Å². The van der Waals surface area contributed by atoms with E-state index >= 15 is 0 Å². The van der Waals surface area contributed by atoms with E-state index in [-0.39, 0.29) is 0 Å². The smallest absolute Gasteiger partial charge is 0.0599 e. The molecule has 0 radical (unpaired) electrons. The molecule has 0 saturated carbocycles. The number of hydrogen-bond donors (Lipinski definition) is 1. The number of benzene rings is 1. The minimum Gasteiger partial charge on any atom is -0.399 e. The quantitative estimate of drug-likeness (QED) is 0.833. The Balaban J connectivity index is 1.91. The van der Waals surface area contributed by atoms with Gasteiger partial charge in [0.25, 0.3) is 0 Å². The summed E-state index contributed by atoms with van der Waals surface area (Å²) in [5.74, 6) is 0. The maximum absolute atomic E-state index is 5.73. The topological polar surface area (TPSA) is 38.5 Å². The minimum absolute atomic E-state index is 0.463. The number of nitrogens with zero attached hydrogens (tertiary/aromatic N) is 1. The van der Waals surface area contributed by atoms with Crippen molar-refractivity contribution in [3.05, 3.63) is 29.8 Å². The maximum atomic E-state index is 5.73. The summed E-state index contributed by atoms with van der Waals surface area (Å²) in [6, 6.07) is 8.70. The average Bonchev–Trinajstić information content (AvgIpc) is 2.40. The maximum Gasteiger partial charge on any atom is 0.0599 e. The third-order valence-corrected chi connectivity index (χ3v) is 3.85. The Morgan fingerprint density at radius 3 is 2.44 bits per heavy atom. The average molecular weight is 248 g/mol. The Labute approximate surface area is 110 Å². The molecule has 3 nitrogen and oxygen atoms in total. The highest BCUT2D eigenvalue weighted by Gasteiger charge is 2.23. The van der Waals surface area contributed by atoms with Crippen molar-refractivity contribution in [2.75, 3.05) is 25.4 Å². The second-order valence-corrected chi connectivity index (χ2v) is 5.03. The molecule has 2 rings (SSSR count). The van der Waals surface area contributed by atoms with Gasteiger partial charge in [0, 0.05) is 31.4 Å². The highest BCUT2D eigenvalue weighted by Crippen LogP contribution is 2.25. The fourth-order valence-electron chi connectivity index (χ4n) is 2.65. The zero-order chi connectivity index (χ0) is 13.0. The Morgan fingerprint density at radius 2 is 1.89 bits per heavy atom. The van der Waals surface area contributed by atoms with Crippen LogP contribution in [0.1, 0.15) is 38.3 Å². The number of anilines is 1. The summed E-state index contributed by atoms with van der Waals surface area (Å²) in [5.41, 5.74) is 7.91. The number of rotatable bonds is 4. The van der Waals surface area contributed by atoms with Crippen LogP contribution < -0.4 is 5.73 Å². The molecule has 0 amide bonds. The fourth-order valence-corrected chi connectivity index (χ4v) is 2.65. The summed E-state index contributed by atoms with van der Waals surface area (Å²) >= 11 is 0. The van der Waals surface area contributed by atoms with E-state index in [1.54, 1.807) is 0 Å². The van der Waals surface area contributed by atoms with Crippen LogP contribution in [-0.4, -0.2) is 30.7 Å². The van der Waals surface area contributed by atoms with Gasteiger partial charge in [0.2, 0.25) is 0 Å². The molecule has 1 aromatic rings. The van der Waals surface area contributed by atoms with Gasteiger partial charge in [-0.1, -0.05) is 12.1 Å². The molecule has 1 atom stereocenters. The van der Waals surface area contributed by atoms with Crippen molar-refractivity contribution in [3.8, 4) is 0 Å². The van der Waals surface area contributed by atoms with Crippen LogP contribution in [0.5, 0.6) is 0 Å². The first kappa shape index (κ1) is 13.4. The van der Waals surface area contributed by atoms with Gasteiger partial charge in [0.1, 0.15) is 0 Å². The monoisotopic (exact) mass is 248 g/mol. The summed E-state index contributed by atoms with van der Waals surface area (Å²) in [6.07, 6.45) is 2.75. The van der Waals surface area contributed by atoms with Gasteiger partial charge in [-0.3, -0.25) is 4.90 Å². The van der Waals surface area contributed by atoms with Crippen LogP contribution in [0.25, 0.3) is 0 Å². The van der Waals surface area contributed by atoms with E-state index in [1.807, 2.05) is 12.1 Å². The molecule has 0 bridgehead atoms. The standard InChI is InChI=1S/C15H24N2O/c1-3-18-15-8-10-17(11-9-15)12(2)13-4-6-14(16)7-5-13/h4-7,12,15H,3,8-11,16H2,1-2H3. The predicted octanol–water partition coefficient (Wildman–Crippen LogP) is 2.83. The molecule has 0 aliphatic carbocycles. The molecule has 1 saturated heterocycles. The van der Waals surface area contributed by atoms with Gasteiger partial charge in [-0.2, -0.15) is 0 Å². The molecule has 1 aliphatic heterocycles. The summed E-state index contributed by atoms with van der Waals surface area (Å²) in [6.45, 7) is 7.42. The number of piperidine rings is 1. The van der Waals surface area contributed by atoms with Crippen LogP contribution in [0.4, 0.5) is 5.69 Å². The van der Waals surface area contributed by atoms with E-state index in [9.17, 15) is 0 Å². The fraction of sp³-hybridized carbons (Fsp3) is 0.600. The van der Waals surface area contributed by atoms with Gasteiger partial charge < -0.3 is 10.5 Å². The normalized spacial score (nSPS) is 19.9. The predicted molar refractivity (Wildman–Crippen MR) is 75.5 cm³/mol. The lowest BCUT2D eigenvalue weighted by atomic mass is 10.0. The molecule has 1 aliphatic rings. The van der Waals surface area contributed by atoms with Gasteiger partial charge in [-0.15, -0.1) is 0 Å². The Kier molecular flexibility index (Phi) is 4.61. The highest BCUT2D eigenvalue weighted by atomic mass is 16.5. The van der Waals surface area contributed by atoms with Crippen LogP contribution in [0.15, 0.2) is 24.3 Å². The van der Waals surface area contributed by atoms with Crippen molar-refractivity contribution in [2.45, 2.75) is 38.8 Å². The van der Waals surface area contributed by atoms with E-state index in [4.69, 9.17) is 10.5 Å². The van der Waals surface area contributed by atoms with Crippen molar-refractivity contribution < 1.29 is 4.74 Å². The van der Waals surface area contributed by atoms with Crippen LogP contribution in [0.2, 0.25) is 0 Å². The molecule has 1 unspecified atom stereocenters. The molecule has 2 N–H and O–H groups in total.